The molecule has 1 rings (SSSR count). The minimum absolute atomic E-state index is 0.833. The Morgan fingerprint density at radius 3 is 2.33 bits per heavy atom. The van der Waals surface area contributed by atoms with E-state index in [1.165, 1.54) is 51.5 Å². The molecule has 1 heteroatoms. The van der Waals surface area contributed by atoms with Crippen LogP contribution in [0.3, 0.4) is 0 Å². The molecule has 0 aromatic carbocycles. The van der Waals surface area contributed by atoms with E-state index in [-0.39, 0.29) is 0 Å². The third kappa shape index (κ3) is 5.55. The van der Waals surface area contributed by atoms with E-state index in [1.807, 2.05) is 0 Å². The van der Waals surface area contributed by atoms with Gasteiger partial charge in [-0.15, -0.1) is 0 Å². The van der Waals surface area contributed by atoms with E-state index < -0.39 is 0 Å². The van der Waals surface area contributed by atoms with Crippen LogP contribution in [0.5, 0.6) is 0 Å². The van der Waals surface area contributed by atoms with E-state index in [4.69, 9.17) is 0 Å². The van der Waals surface area contributed by atoms with Crippen molar-refractivity contribution in [1.82, 2.24) is 5.32 Å². The lowest BCUT2D eigenvalue weighted by atomic mass is 9.84. The van der Waals surface area contributed by atoms with Crippen LogP contribution in [0.2, 0.25) is 0 Å². The molecule has 15 heavy (non-hydrogen) atoms. The Morgan fingerprint density at radius 1 is 1.13 bits per heavy atom. The molecule has 0 spiro atoms. The molecule has 90 valence electrons. The maximum atomic E-state index is 3.72. The lowest BCUT2D eigenvalue weighted by Crippen LogP contribution is -2.33. The third-order valence-electron chi connectivity index (χ3n) is 3.82. The average molecular weight is 211 g/mol. The van der Waals surface area contributed by atoms with E-state index in [9.17, 15) is 0 Å². The zero-order valence-electron chi connectivity index (χ0n) is 10.9. The molecule has 0 unspecified atom stereocenters. The lowest BCUT2D eigenvalue weighted by Gasteiger charge is -2.28. The van der Waals surface area contributed by atoms with Gasteiger partial charge in [0.15, 0.2) is 0 Å². The van der Waals surface area contributed by atoms with Gasteiger partial charge in [0.1, 0.15) is 0 Å². The van der Waals surface area contributed by atoms with Gasteiger partial charge in [-0.1, -0.05) is 27.2 Å². The maximum absolute atomic E-state index is 3.72. The summed E-state index contributed by atoms with van der Waals surface area (Å²) in [6, 6.07) is 0.833. The summed E-state index contributed by atoms with van der Waals surface area (Å²) in [6.07, 6.45) is 9.86. The number of rotatable bonds is 6. The molecule has 0 saturated heterocycles. The van der Waals surface area contributed by atoms with Crippen molar-refractivity contribution in [3.8, 4) is 0 Å². The van der Waals surface area contributed by atoms with Crippen molar-refractivity contribution in [3.63, 3.8) is 0 Å². The second kappa shape index (κ2) is 7.27. The first kappa shape index (κ1) is 13.0. The van der Waals surface area contributed by atoms with Crippen LogP contribution >= 0.6 is 0 Å². The number of nitrogens with one attached hydrogen (secondary N) is 1. The summed E-state index contributed by atoms with van der Waals surface area (Å²) in [6.45, 7) is 8.19. The smallest absolute Gasteiger partial charge is 0.00672 e. The summed E-state index contributed by atoms with van der Waals surface area (Å²) in [7, 11) is 0. The van der Waals surface area contributed by atoms with E-state index in [1.54, 1.807) is 0 Å². The Hall–Kier alpha value is -0.0400. The maximum Gasteiger partial charge on any atom is 0.00672 e. The first-order chi connectivity index (χ1) is 7.22. The summed E-state index contributed by atoms with van der Waals surface area (Å²) in [5, 5.41) is 3.72. The molecule has 0 aromatic heterocycles. The molecule has 1 N–H and O–H groups in total. The van der Waals surface area contributed by atoms with E-state index in [0.717, 1.165) is 17.9 Å². The fourth-order valence-electron chi connectivity index (χ4n) is 2.59. The van der Waals surface area contributed by atoms with Gasteiger partial charge in [0.25, 0.3) is 0 Å². The predicted molar refractivity (Wildman–Crippen MR) is 68.1 cm³/mol. The van der Waals surface area contributed by atoms with Gasteiger partial charge in [0.2, 0.25) is 0 Å². The van der Waals surface area contributed by atoms with Gasteiger partial charge < -0.3 is 5.32 Å². The standard InChI is InChI=1S/C14H29N/c1-4-13-7-9-14(10-8-13)15-11-5-6-12(2)3/h12-15H,4-11H2,1-3H3. The highest BCUT2D eigenvalue weighted by Crippen LogP contribution is 2.26. The molecule has 0 aliphatic heterocycles. The van der Waals surface area contributed by atoms with Crippen LogP contribution in [0.4, 0.5) is 0 Å². The minimum Gasteiger partial charge on any atom is -0.314 e. The van der Waals surface area contributed by atoms with Crippen molar-refractivity contribution in [3.05, 3.63) is 0 Å². The summed E-state index contributed by atoms with van der Waals surface area (Å²) in [5.41, 5.74) is 0. The largest absolute Gasteiger partial charge is 0.314 e. The minimum atomic E-state index is 0.833. The van der Waals surface area contributed by atoms with Gasteiger partial charge >= 0.3 is 0 Å². The van der Waals surface area contributed by atoms with E-state index in [2.05, 4.69) is 26.1 Å². The molecular weight excluding hydrogens is 182 g/mol. The van der Waals surface area contributed by atoms with Crippen LogP contribution in [0.25, 0.3) is 0 Å². The highest BCUT2D eigenvalue weighted by molar-refractivity contribution is 4.76. The van der Waals surface area contributed by atoms with Crippen molar-refractivity contribution >= 4 is 0 Å². The Labute approximate surface area is 96.0 Å². The van der Waals surface area contributed by atoms with Gasteiger partial charge in [0, 0.05) is 6.04 Å². The van der Waals surface area contributed by atoms with Crippen molar-refractivity contribution in [2.75, 3.05) is 6.54 Å². The summed E-state index contributed by atoms with van der Waals surface area (Å²) >= 11 is 0. The normalized spacial score (nSPS) is 27.2. The summed E-state index contributed by atoms with van der Waals surface area (Å²) < 4.78 is 0. The first-order valence-corrected chi connectivity index (χ1v) is 6.95. The van der Waals surface area contributed by atoms with Gasteiger partial charge in [-0.05, 0) is 56.9 Å². The monoisotopic (exact) mass is 211 g/mol. The molecule has 1 fully saturated rings. The van der Waals surface area contributed by atoms with Gasteiger partial charge in [0.05, 0.1) is 0 Å². The van der Waals surface area contributed by atoms with Gasteiger partial charge in [-0.25, -0.2) is 0 Å². The van der Waals surface area contributed by atoms with E-state index >= 15 is 0 Å². The zero-order chi connectivity index (χ0) is 11.1. The van der Waals surface area contributed by atoms with Crippen LogP contribution in [0.15, 0.2) is 0 Å². The van der Waals surface area contributed by atoms with Crippen LogP contribution in [-0.4, -0.2) is 12.6 Å². The van der Waals surface area contributed by atoms with Crippen LogP contribution in [0.1, 0.15) is 65.7 Å². The number of hydrogen-bond acceptors (Lipinski definition) is 1. The Kier molecular flexibility index (Phi) is 6.31. The van der Waals surface area contributed by atoms with Crippen LogP contribution in [0, 0.1) is 11.8 Å². The molecule has 0 radical (unpaired) electrons. The topological polar surface area (TPSA) is 12.0 Å². The molecule has 0 amide bonds. The Bertz CT molecular complexity index is 145. The molecule has 0 heterocycles. The second-order valence-corrected chi connectivity index (χ2v) is 5.62. The van der Waals surface area contributed by atoms with E-state index in [0.29, 0.717) is 0 Å². The fourth-order valence-corrected chi connectivity index (χ4v) is 2.59. The molecular formula is C14H29N. The van der Waals surface area contributed by atoms with Crippen LogP contribution in [-0.2, 0) is 0 Å². The van der Waals surface area contributed by atoms with Gasteiger partial charge in [-0.3, -0.25) is 0 Å². The Morgan fingerprint density at radius 2 is 1.80 bits per heavy atom. The fraction of sp³-hybridized carbons (Fsp3) is 1.00. The average Bonchev–Trinajstić information content (AvgIpc) is 2.25. The lowest BCUT2D eigenvalue weighted by molar-refractivity contribution is 0.284. The molecule has 0 atom stereocenters. The quantitative estimate of drug-likeness (QED) is 0.655. The molecule has 1 aliphatic rings. The molecule has 1 saturated carbocycles. The zero-order valence-corrected chi connectivity index (χ0v) is 10.9. The first-order valence-electron chi connectivity index (χ1n) is 6.95. The number of hydrogen-bond donors (Lipinski definition) is 1. The Balaban J connectivity index is 1.99. The molecule has 0 bridgehead atoms. The predicted octanol–water partition coefficient (Wildman–Crippen LogP) is 3.98. The highest BCUT2D eigenvalue weighted by Gasteiger charge is 2.18. The molecule has 0 aromatic rings. The second-order valence-electron chi connectivity index (χ2n) is 5.62. The van der Waals surface area contributed by atoms with Crippen molar-refractivity contribution in [2.24, 2.45) is 11.8 Å². The molecule has 1 nitrogen and oxygen atoms in total. The summed E-state index contributed by atoms with van der Waals surface area (Å²) in [5.74, 6) is 1.89. The molecule has 1 aliphatic carbocycles. The van der Waals surface area contributed by atoms with Crippen LogP contribution < -0.4 is 5.32 Å². The SMILES string of the molecule is CCC1CCC(NCCCC(C)C)CC1. The summed E-state index contributed by atoms with van der Waals surface area (Å²) in [4.78, 5) is 0. The van der Waals surface area contributed by atoms with Crippen molar-refractivity contribution < 1.29 is 0 Å². The van der Waals surface area contributed by atoms with Gasteiger partial charge in [-0.2, -0.15) is 0 Å². The van der Waals surface area contributed by atoms with Crippen molar-refractivity contribution in [2.45, 2.75) is 71.8 Å². The highest BCUT2D eigenvalue weighted by atomic mass is 14.9. The van der Waals surface area contributed by atoms with Crippen molar-refractivity contribution in [1.29, 1.82) is 0 Å². The third-order valence-corrected chi connectivity index (χ3v) is 3.82.